The van der Waals surface area contributed by atoms with Crippen LogP contribution in [0.5, 0.6) is 0 Å². The molecule has 3 aromatic heterocycles. The van der Waals surface area contributed by atoms with Crippen LogP contribution < -0.4 is 5.73 Å². The largest absolute Gasteiger partial charge is 0.383 e. The van der Waals surface area contributed by atoms with Crippen molar-refractivity contribution in [1.82, 2.24) is 19.2 Å². The first-order valence-electron chi connectivity index (χ1n) is 5.80. The van der Waals surface area contributed by atoms with E-state index in [0.29, 0.717) is 5.82 Å². The first-order chi connectivity index (χ1) is 8.56. The fourth-order valence-corrected chi connectivity index (χ4v) is 2.31. The van der Waals surface area contributed by atoms with Gasteiger partial charge in [-0.2, -0.15) is 5.10 Å². The first kappa shape index (κ1) is 10.8. The zero-order valence-electron chi connectivity index (χ0n) is 10.7. The first-order valence-corrected chi connectivity index (χ1v) is 5.80. The quantitative estimate of drug-likeness (QED) is 0.708. The average molecular weight is 241 g/mol. The summed E-state index contributed by atoms with van der Waals surface area (Å²) in [5.74, 6) is 0.663. The highest BCUT2D eigenvalue weighted by atomic mass is 15.2. The van der Waals surface area contributed by atoms with Gasteiger partial charge in [-0.3, -0.25) is 9.08 Å². The van der Waals surface area contributed by atoms with Crippen molar-refractivity contribution >= 4 is 11.5 Å². The molecule has 0 radical (unpaired) electrons. The molecule has 0 aliphatic heterocycles. The fraction of sp³-hybridized carbons (Fsp3) is 0.231. The smallest absolute Gasteiger partial charge is 0.139 e. The number of nitrogens with zero attached hydrogens (tertiary/aromatic N) is 4. The van der Waals surface area contributed by atoms with Crippen molar-refractivity contribution in [1.29, 1.82) is 0 Å². The molecule has 0 saturated heterocycles. The van der Waals surface area contributed by atoms with E-state index in [1.165, 1.54) is 5.56 Å². The maximum atomic E-state index is 6.19. The van der Waals surface area contributed by atoms with Crippen LogP contribution in [0.15, 0.2) is 24.5 Å². The number of fused-ring (bicyclic) bond motifs is 1. The third-order valence-corrected chi connectivity index (χ3v) is 3.06. The maximum absolute atomic E-state index is 6.19. The summed E-state index contributed by atoms with van der Waals surface area (Å²) in [5, 5.41) is 4.16. The Labute approximate surface area is 105 Å². The second kappa shape index (κ2) is 3.60. The van der Waals surface area contributed by atoms with Crippen molar-refractivity contribution in [2.24, 2.45) is 7.05 Å². The summed E-state index contributed by atoms with van der Waals surface area (Å²) in [5.41, 5.74) is 11.1. The Balaban J connectivity index is 2.32. The predicted octanol–water partition coefficient (Wildman–Crippen LogP) is 1.93. The second-order valence-electron chi connectivity index (χ2n) is 4.62. The SMILES string of the molecule is Cc1cc(C)n2c(N)c(-c3cnn(C)c3)nc2c1. The van der Waals surface area contributed by atoms with E-state index in [1.807, 2.05) is 30.6 Å². The molecule has 0 aliphatic rings. The standard InChI is InChI=1S/C13H15N5/c1-8-4-9(2)18-11(5-8)16-12(13(18)14)10-6-15-17(3)7-10/h4-7H,14H2,1-3H3. The van der Waals surface area contributed by atoms with E-state index in [2.05, 4.69) is 23.1 Å². The van der Waals surface area contributed by atoms with Gasteiger partial charge in [0.25, 0.3) is 0 Å². The van der Waals surface area contributed by atoms with Gasteiger partial charge < -0.3 is 5.73 Å². The van der Waals surface area contributed by atoms with Crippen LogP contribution in [0.2, 0.25) is 0 Å². The van der Waals surface area contributed by atoms with Crippen LogP contribution in [0.3, 0.4) is 0 Å². The number of nitrogen functional groups attached to an aromatic ring is 1. The molecule has 0 fully saturated rings. The van der Waals surface area contributed by atoms with Crippen LogP contribution in [0, 0.1) is 13.8 Å². The van der Waals surface area contributed by atoms with E-state index in [9.17, 15) is 0 Å². The van der Waals surface area contributed by atoms with Crippen LogP contribution in [-0.2, 0) is 7.05 Å². The number of aromatic nitrogens is 4. The molecule has 0 atom stereocenters. The molecule has 92 valence electrons. The Morgan fingerprint density at radius 1 is 1.22 bits per heavy atom. The van der Waals surface area contributed by atoms with Crippen molar-refractivity contribution < 1.29 is 0 Å². The molecule has 0 spiro atoms. The van der Waals surface area contributed by atoms with Crippen molar-refractivity contribution in [3.63, 3.8) is 0 Å². The van der Waals surface area contributed by atoms with Gasteiger partial charge in [0.05, 0.1) is 6.20 Å². The molecule has 18 heavy (non-hydrogen) atoms. The van der Waals surface area contributed by atoms with Gasteiger partial charge in [-0.15, -0.1) is 0 Å². The number of hydrogen-bond donors (Lipinski definition) is 1. The van der Waals surface area contributed by atoms with Gasteiger partial charge in [-0.05, 0) is 31.5 Å². The third-order valence-electron chi connectivity index (χ3n) is 3.06. The van der Waals surface area contributed by atoms with E-state index in [0.717, 1.165) is 22.6 Å². The Hall–Kier alpha value is -2.30. The van der Waals surface area contributed by atoms with E-state index in [1.54, 1.807) is 10.9 Å². The highest BCUT2D eigenvalue weighted by molar-refractivity contribution is 5.74. The van der Waals surface area contributed by atoms with Crippen LogP contribution >= 0.6 is 0 Å². The molecule has 0 aliphatic carbocycles. The lowest BCUT2D eigenvalue weighted by Crippen LogP contribution is -1.98. The number of imidazole rings is 1. The Bertz CT molecular complexity index is 735. The van der Waals surface area contributed by atoms with Gasteiger partial charge >= 0.3 is 0 Å². The van der Waals surface area contributed by atoms with E-state index in [4.69, 9.17) is 5.73 Å². The minimum atomic E-state index is 0.663. The van der Waals surface area contributed by atoms with Crippen LogP contribution in [0.4, 0.5) is 5.82 Å². The van der Waals surface area contributed by atoms with Gasteiger partial charge in [-0.25, -0.2) is 4.98 Å². The van der Waals surface area contributed by atoms with E-state index in [-0.39, 0.29) is 0 Å². The molecule has 0 aromatic carbocycles. The Kier molecular flexibility index (Phi) is 2.16. The molecular weight excluding hydrogens is 226 g/mol. The topological polar surface area (TPSA) is 61.1 Å². The van der Waals surface area contributed by atoms with E-state index >= 15 is 0 Å². The lowest BCUT2D eigenvalue weighted by Gasteiger charge is -2.03. The molecular formula is C13H15N5. The van der Waals surface area contributed by atoms with Crippen molar-refractivity contribution in [2.45, 2.75) is 13.8 Å². The maximum Gasteiger partial charge on any atom is 0.139 e. The van der Waals surface area contributed by atoms with Gasteiger partial charge in [0.2, 0.25) is 0 Å². The van der Waals surface area contributed by atoms with Crippen LogP contribution in [0.25, 0.3) is 16.9 Å². The summed E-state index contributed by atoms with van der Waals surface area (Å²) in [4.78, 5) is 4.60. The summed E-state index contributed by atoms with van der Waals surface area (Å²) in [7, 11) is 1.88. The minimum absolute atomic E-state index is 0.663. The van der Waals surface area contributed by atoms with Crippen LogP contribution in [-0.4, -0.2) is 19.2 Å². The summed E-state index contributed by atoms with van der Waals surface area (Å²) in [6, 6.07) is 4.13. The molecule has 0 unspecified atom stereocenters. The molecule has 3 heterocycles. The van der Waals surface area contributed by atoms with Crippen LogP contribution in [0.1, 0.15) is 11.3 Å². The number of anilines is 1. The minimum Gasteiger partial charge on any atom is -0.383 e. The molecule has 0 saturated carbocycles. The highest BCUT2D eigenvalue weighted by Gasteiger charge is 2.14. The van der Waals surface area contributed by atoms with Gasteiger partial charge in [0.1, 0.15) is 17.2 Å². The average Bonchev–Trinajstić information content (AvgIpc) is 2.83. The summed E-state index contributed by atoms with van der Waals surface area (Å²) >= 11 is 0. The summed E-state index contributed by atoms with van der Waals surface area (Å²) in [6.45, 7) is 4.09. The number of aryl methyl sites for hydroxylation is 3. The van der Waals surface area contributed by atoms with Gasteiger partial charge in [0, 0.05) is 24.5 Å². The number of nitrogens with two attached hydrogens (primary N) is 1. The Morgan fingerprint density at radius 3 is 2.67 bits per heavy atom. The zero-order valence-corrected chi connectivity index (χ0v) is 10.7. The molecule has 0 amide bonds. The third kappa shape index (κ3) is 1.48. The molecule has 3 aromatic rings. The molecule has 5 heteroatoms. The fourth-order valence-electron chi connectivity index (χ4n) is 2.31. The van der Waals surface area contributed by atoms with Crippen molar-refractivity contribution in [2.75, 3.05) is 5.73 Å². The van der Waals surface area contributed by atoms with Gasteiger partial charge in [-0.1, -0.05) is 0 Å². The summed E-state index contributed by atoms with van der Waals surface area (Å²) < 4.78 is 3.71. The lowest BCUT2D eigenvalue weighted by molar-refractivity contribution is 0.768. The summed E-state index contributed by atoms with van der Waals surface area (Å²) in [6.07, 6.45) is 3.70. The lowest BCUT2D eigenvalue weighted by atomic mass is 10.2. The van der Waals surface area contributed by atoms with E-state index < -0.39 is 0 Å². The zero-order chi connectivity index (χ0) is 12.9. The van der Waals surface area contributed by atoms with Crippen molar-refractivity contribution in [3.8, 4) is 11.3 Å². The Morgan fingerprint density at radius 2 is 2.00 bits per heavy atom. The van der Waals surface area contributed by atoms with Gasteiger partial charge in [0.15, 0.2) is 0 Å². The van der Waals surface area contributed by atoms with Crippen molar-refractivity contribution in [3.05, 3.63) is 35.8 Å². The molecule has 0 bridgehead atoms. The number of rotatable bonds is 1. The molecule has 5 nitrogen and oxygen atoms in total. The molecule has 3 rings (SSSR count). The molecule has 2 N–H and O–H groups in total. The normalized spacial score (nSPS) is 11.3. The second-order valence-corrected chi connectivity index (χ2v) is 4.62. The highest BCUT2D eigenvalue weighted by Crippen LogP contribution is 2.27. The number of pyridine rings is 1. The predicted molar refractivity (Wildman–Crippen MR) is 71.3 cm³/mol. The monoisotopic (exact) mass is 241 g/mol. The number of hydrogen-bond acceptors (Lipinski definition) is 3.